The second-order valence-corrected chi connectivity index (χ2v) is 7.41. The van der Waals surface area contributed by atoms with Crippen LogP contribution in [0.5, 0.6) is 17.2 Å². The van der Waals surface area contributed by atoms with Crippen LogP contribution in [0.4, 0.5) is 0 Å². The van der Waals surface area contributed by atoms with Gasteiger partial charge in [0.15, 0.2) is 5.78 Å². The van der Waals surface area contributed by atoms with Gasteiger partial charge in [0.2, 0.25) is 0 Å². The van der Waals surface area contributed by atoms with E-state index in [2.05, 4.69) is 4.90 Å². The van der Waals surface area contributed by atoms with Crippen LogP contribution in [0.1, 0.15) is 46.3 Å². The number of carbonyl (C=O) groups is 1. The van der Waals surface area contributed by atoms with Crippen LogP contribution in [0.25, 0.3) is 6.08 Å². The number of hydrogen-bond donors (Lipinski definition) is 2. The first kappa shape index (κ1) is 21.9. The molecule has 0 radical (unpaired) electrons. The average molecular weight is 411 g/mol. The van der Waals surface area contributed by atoms with Crippen LogP contribution in [0.2, 0.25) is 0 Å². The summed E-state index contributed by atoms with van der Waals surface area (Å²) >= 11 is 0. The average Bonchev–Trinajstić information content (AvgIpc) is 2.79. The Morgan fingerprint density at radius 2 is 1.90 bits per heavy atom. The van der Waals surface area contributed by atoms with Crippen molar-refractivity contribution in [1.29, 1.82) is 0 Å². The van der Waals surface area contributed by atoms with Gasteiger partial charge in [-0.25, -0.2) is 0 Å². The molecule has 3 rings (SSSR count). The van der Waals surface area contributed by atoms with Gasteiger partial charge in [0.25, 0.3) is 0 Å². The van der Waals surface area contributed by atoms with Gasteiger partial charge in [-0.1, -0.05) is 24.6 Å². The standard InChI is InChI=1S/C24H29NO5/c1-29-19-8-6-7-17(13-19)9-10-21(27)23-22(30-2)14-18(16-26)20(24(23)28)15-25-11-4-3-5-12-25/h6-10,13-14,26,28H,3-5,11-12,15-16H2,1-2H3/b10-9+. The van der Waals surface area contributed by atoms with E-state index < -0.39 is 0 Å². The number of phenols is 1. The van der Waals surface area contributed by atoms with E-state index in [1.165, 1.54) is 19.6 Å². The van der Waals surface area contributed by atoms with Crippen molar-refractivity contribution in [3.8, 4) is 17.2 Å². The highest BCUT2D eigenvalue weighted by atomic mass is 16.5. The summed E-state index contributed by atoms with van der Waals surface area (Å²) < 4.78 is 10.6. The van der Waals surface area contributed by atoms with Crippen LogP contribution >= 0.6 is 0 Å². The third-order valence-corrected chi connectivity index (χ3v) is 5.45. The van der Waals surface area contributed by atoms with Gasteiger partial charge in [0, 0.05) is 12.1 Å². The van der Waals surface area contributed by atoms with Gasteiger partial charge in [-0.15, -0.1) is 0 Å². The summed E-state index contributed by atoms with van der Waals surface area (Å²) in [6.07, 6.45) is 6.52. The van der Waals surface area contributed by atoms with E-state index in [4.69, 9.17) is 9.47 Å². The van der Waals surface area contributed by atoms with Crippen LogP contribution < -0.4 is 9.47 Å². The van der Waals surface area contributed by atoms with Crippen molar-refractivity contribution in [1.82, 2.24) is 4.90 Å². The lowest BCUT2D eigenvalue weighted by Crippen LogP contribution is -2.29. The van der Waals surface area contributed by atoms with Crippen molar-refractivity contribution in [3.63, 3.8) is 0 Å². The van der Waals surface area contributed by atoms with Crippen molar-refractivity contribution >= 4 is 11.9 Å². The lowest BCUT2D eigenvalue weighted by atomic mass is 9.97. The maximum absolute atomic E-state index is 13.0. The van der Waals surface area contributed by atoms with Crippen molar-refractivity contribution in [2.24, 2.45) is 0 Å². The number of benzene rings is 2. The molecule has 0 aromatic heterocycles. The molecule has 1 fully saturated rings. The lowest BCUT2D eigenvalue weighted by molar-refractivity contribution is 0.104. The van der Waals surface area contributed by atoms with Gasteiger partial charge >= 0.3 is 0 Å². The number of likely N-dealkylation sites (tertiary alicyclic amines) is 1. The van der Waals surface area contributed by atoms with Crippen LogP contribution in [0, 0.1) is 0 Å². The number of aliphatic hydroxyl groups is 1. The van der Waals surface area contributed by atoms with Gasteiger partial charge in [-0.05, 0) is 61.3 Å². The van der Waals surface area contributed by atoms with Crippen molar-refractivity contribution in [2.75, 3.05) is 27.3 Å². The highest BCUT2D eigenvalue weighted by Crippen LogP contribution is 2.36. The first-order valence-electron chi connectivity index (χ1n) is 10.2. The van der Waals surface area contributed by atoms with Crippen LogP contribution in [-0.4, -0.2) is 48.2 Å². The minimum Gasteiger partial charge on any atom is -0.507 e. The second kappa shape index (κ2) is 10.3. The third kappa shape index (κ3) is 5.01. The first-order valence-corrected chi connectivity index (χ1v) is 10.2. The van der Waals surface area contributed by atoms with E-state index in [0.717, 1.165) is 31.5 Å². The van der Waals surface area contributed by atoms with Crippen molar-refractivity contribution < 1.29 is 24.5 Å². The number of ketones is 1. The van der Waals surface area contributed by atoms with E-state index in [1.54, 1.807) is 19.3 Å². The molecule has 0 bridgehead atoms. The molecule has 1 heterocycles. The van der Waals surface area contributed by atoms with E-state index in [-0.39, 0.29) is 29.5 Å². The molecule has 1 aliphatic heterocycles. The molecule has 0 atom stereocenters. The minimum absolute atomic E-state index is 0.112. The first-order chi connectivity index (χ1) is 14.6. The molecule has 2 aromatic carbocycles. The summed E-state index contributed by atoms with van der Waals surface area (Å²) in [6.45, 7) is 2.14. The Kier molecular flexibility index (Phi) is 7.49. The molecule has 2 N–H and O–H groups in total. The molecule has 2 aromatic rings. The SMILES string of the molecule is COc1cccc(/C=C/C(=O)c2c(OC)cc(CO)c(CN3CCCCC3)c2O)c1. The number of methoxy groups -OCH3 is 2. The number of allylic oxidation sites excluding steroid dienone is 1. The van der Waals surface area contributed by atoms with Crippen LogP contribution in [0.3, 0.4) is 0 Å². The molecule has 6 nitrogen and oxygen atoms in total. The van der Waals surface area contributed by atoms with E-state index in [1.807, 2.05) is 24.3 Å². The van der Waals surface area contributed by atoms with Gasteiger partial charge < -0.3 is 19.7 Å². The number of aliphatic hydroxyl groups excluding tert-OH is 1. The zero-order chi connectivity index (χ0) is 21.5. The van der Waals surface area contributed by atoms with Gasteiger partial charge in [0.1, 0.15) is 22.8 Å². The number of phenolic OH excluding ortho intramolecular Hbond substituents is 1. The lowest BCUT2D eigenvalue weighted by Gasteiger charge is -2.28. The fraction of sp³-hybridized carbons (Fsp3) is 0.375. The Labute approximate surface area is 177 Å². The summed E-state index contributed by atoms with van der Waals surface area (Å²) in [5, 5.41) is 20.8. The molecule has 1 saturated heterocycles. The van der Waals surface area contributed by atoms with Crippen LogP contribution in [0.15, 0.2) is 36.4 Å². The fourth-order valence-corrected chi connectivity index (χ4v) is 3.80. The molecule has 0 aliphatic carbocycles. The molecular weight excluding hydrogens is 382 g/mol. The quantitative estimate of drug-likeness (QED) is 0.508. The molecule has 0 saturated carbocycles. The Morgan fingerprint density at radius 1 is 1.13 bits per heavy atom. The summed E-state index contributed by atoms with van der Waals surface area (Å²) in [5.41, 5.74) is 2.07. The van der Waals surface area contributed by atoms with E-state index in [9.17, 15) is 15.0 Å². The summed E-state index contributed by atoms with van der Waals surface area (Å²) in [6, 6.07) is 8.99. The zero-order valence-electron chi connectivity index (χ0n) is 17.6. The largest absolute Gasteiger partial charge is 0.507 e. The summed E-state index contributed by atoms with van der Waals surface area (Å²) in [5.74, 6) is 0.459. The normalized spacial score (nSPS) is 14.8. The second-order valence-electron chi connectivity index (χ2n) is 7.41. The minimum atomic E-state index is -0.364. The van der Waals surface area contributed by atoms with Gasteiger partial charge in [0.05, 0.1) is 20.8 Å². The number of aromatic hydroxyl groups is 1. The number of piperidine rings is 1. The molecule has 160 valence electrons. The van der Waals surface area contributed by atoms with Crippen molar-refractivity contribution in [3.05, 3.63) is 58.7 Å². The topological polar surface area (TPSA) is 79.2 Å². The predicted molar refractivity (Wildman–Crippen MR) is 116 cm³/mol. The van der Waals surface area contributed by atoms with Crippen molar-refractivity contribution in [2.45, 2.75) is 32.4 Å². The molecule has 0 spiro atoms. The third-order valence-electron chi connectivity index (χ3n) is 5.45. The monoisotopic (exact) mass is 411 g/mol. The zero-order valence-corrected chi connectivity index (χ0v) is 17.6. The number of rotatable bonds is 8. The molecule has 1 aliphatic rings. The summed E-state index contributed by atoms with van der Waals surface area (Å²) in [7, 11) is 3.03. The van der Waals surface area contributed by atoms with E-state index >= 15 is 0 Å². The van der Waals surface area contributed by atoms with Crippen LogP contribution in [-0.2, 0) is 13.2 Å². The molecule has 30 heavy (non-hydrogen) atoms. The number of hydrogen-bond acceptors (Lipinski definition) is 6. The highest BCUT2D eigenvalue weighted by Gasteiger charge is 2.24. The number of ether oxygens (including phenoxy) is 2. The maximum atomic E-state index is 13.0. The Bertz CT molecular complexity index is 916. The summed E-state index contributed by atoms with van der Waals surface area (Å²) in [4.78, 5) is 15.2. The Balaban J connectivity index is 1.94. The van der Waals surface area contributed by atoms with E-state index in [0.29, 0.717) is 23.4 Å². The molecule has 6 heteroatoms. The Morgan fingerprint density at radius 3 is 2.57 bits per heavy atom. The molecular formula is C24H29NO5. The predicted octanol–water partition coefficient (Wildman–Crippen LogP) is 3.78. The molecule has 0 amide bonds. The number of carbonyl (C=O) groups excluding carboxylic acids is 1. The number of nitrogens with zero attached hydrogens (tertiary/aromatic N) is 1. The highest BCUT2D eigenvalue weighted by molar-refractivity contribution is 6.10. The Hall–Kier alpha value is -2.83. The smallest absolute Gasteiger partial charge is 0.193 e. The van der Waals surface area contributed by atoms with Gasteiger partial charge in [-0.3, -0.25) is 9.69 Å². The maximum Gasteiger partial charge on any atom is 0.193 e. The fourth-order valence-electron chi connectivity index (χ4n) is 3.80. The molecule has 0 unspecified atom stereocenters. The van der Waals surface area contributed by atoms with Gasteiger partial charge in [-0.2, -0.15) is 0 Å².